The SMILES string of the molecule is CC[CH]C1CCN(C)CC1. The Kier molecular flexibility index (Phi) is 3.20. The van der Waals surface area contributed by atoms with Crippen molar-refractivity contribution in [1.82, 2.24) is 4.90 Å². The molecule has 0 N–H and O–H groups in total. The highest BCUT2D eigenvalue weighted by molar-refractivity contribution is 4.79. The molecule has 0 aromatic rings. The molecule has 0 amide bonds. The molecule has 0 saturated carbocycles. The second kappa shape index (κ2) is 3.97. The fourth-order valence-corrected chi connectivity index (χ4v) is 1.60. The van der Waals surface area contributed by atoms with Crippen LogP contribution in [0.3, 0.4) is 0 Å². The lowest BCUT2D eigenvalue weighted by atomic mass is 9.93. The van der Waals surface area contributed by atoms with Crippen molar-refractivity contribution in [1.29, 1.82) is 0 Å². The molecule has 0 aliphatic carbocycles. The molecule has 0 aromatic heterocycles. The topological polar surface area (TPSA) is 3.24 Å². The summed E-state index contributed by atoms with van der Waals surface area (Å²) >= 11 is 0. The lowest BCUT2D eigenvalue weighted by molar-refractivity contribution is 0.234. The maximum absolute atomic E-state index is 2.47. The van der Waals surface area contributed by atoms with Gasteiger partial charge in [-0.2, -0.15) is 0 Å². The van der Waals surface area contributed by atoms with Crippen LogP contribution in [-0.2, 0) is 0 Å². The molecule has 0 aromatic carbocycles. The van der Waals surface area contributed by atoms with Crippen LogP contribution in [-0.4, -0.2) is 25.0 Å². The van der Waals surface area contributed by atoms with Crippen LogP contribution in [0.4, 0.5) is 0 Å². The first-order valence-corrected chi connectivity index (χ1v) is 4.34. The molecule has 1 aliphatic rings. The van der Waals surface area contributed by atoms with Gasteiger partial charge in [0.2, 0.25) is 0 Å². The molecule has 1 heteroatoms. The summed E-state index contributed by atoms with van der Waals surface area (Å²) in [7, 11) is 2.21. The van der Waals surface area contributed by atoms with Crippen molar-refractivity contribution >= 4 is 0 Å². The maximum Gasteiger partial charge on any atom is -0.00190 e. The van der Waals surface area contributed by atoms with Crippen LogP contribution in [0.5, 0.6) is 0 Å². The van der Waals surface area contributed by atoms with E-state index in [2.05, 4.69) is 25.3 Å². The van der Waals surface area contributed by atoms with Gasteiger partial charge >= 0.3 is 0 Å². The second-order valence-electron chi connectivity index (χ2n) is 3.28. The van der Waals surface area contributed by atoms with Crippen molar-refractivity contribution in [2.75, 3.05) is 20.1 Å². The summed E-state index contributed by atoms with van der Waals surface area (Å²) in [5, 5.41) is 0. The molecule has 10 heavy (non-hydrogen) atoms. The third kappa shape index (κ3) is 2.30. The standard InChI is InChI=1S/C9H18N/c1-3-4-9-5-7-10(2)8-6-9/h4,9H,3,5-8H2,1-2H3. The predicted octanol–water partition coefficient (Wildman–Crippen LogP) is 1.94. The Hall–Kier alpha value is -0.0400. The first kappa shape index (κ1) is 8.06. The van der Waals surface area contributed by atoms with Crippen molar-refractivity contribution in [2.45, 2.75) is 26.2 Å². The van der Waals surface area contributed by atoms with Gasteiger partial charge in [0, 0.05) is 0 Å². The molecule has 0 unspecified atom stereocenters. The Morgan fingerprint density at radius 2 is 2.00 bits per heavy atom. The van der Waals surface area contributed by atoms with Crippen molar-refractivity contribution < 1.29 is 0 Å². The molecule has 1 heterocycles. The van der Waals surface area contributed by atoms with Crippen molar-refractivity contribution in [3.63, 3.8) is 0 Å². The van der Waals surface area contributed by atoms with Crippen LogP contribution in [0, 0.1) is 12.3 Å². The van der Waals surface area contributed by atoms with Gasteiger partial charge in [-0.25, -0.2) is 0 Å². The van der Waals surface area contributed by atoms with E-state index in [1.54, 1.807) is 0 Å². The molecule has 1 nitrogen and oxygen atoms in total. The molecule has 0 bridgehead atoms. The van der Waals surface area contributed by atoms with Crippen LogP contribution in [0.25, 0.3) is 0 Å². The first-order chi connectivity index (χ1) is 4.83. The molecule has 1 fully saturated rings. The average Bonchev–Trinajstić information content (AvgIpc) is 1.95. The highest BCUT2D eigenvalue weighted by Gasteiger charge is 2.14. The van der Waals surface area contributed by atoms with E-state index in [0.29, 0.717) is 0 Å². The number of rotatable bonds is 2. The number of nitrogens with zero attached hydrogens (tertiary/aromatic N) is 1. The Balaban J connectivity index is 2.13. The third-order valence-electron chi connectivity index (χ3n) is 2.33. The molecular formula is C9H18N. The van der Waals surface area contributed by atoms with Gasteiger partial charge in [0.25, 0.3) is 0 Å². The van der Waals surface area contributed by atoms with Gasteiger partial charge in [-0.05, 0) is 45.3 Å². The third-order valence-corrected chi connectivity index (χ3v) is 2.33. The van der Waals surface area contributed by atoms with E-state index in [4.69, 9.17) is 0 Å². The fraction of sp³-hybridized carbons (Fsp3) is 0.889. The van der Waals surface area contributed by atoms with E-state index in [1.165, 1.54) is 32.4 Å². The molecule has 1 saturated heterocycles. The summed E-state index contributed by atoms with van der Waals surface area (Å²) in [4.78, 5) is 2.42. The van der Waals surface area contributed by atoms with Crippen LogP contribution in [0.1, 0.15) is 26.2 Å². The van der Waals surface area contributed by atoms with Crippen molar-refractivity contribution in [3.05, 3.63) is 6.42 Å². The lowest BCUT2D eigenvalue weighted by Crippen LogP contribution is -2.30. The molecule has 1 aliphatic heterocycles. The monoisotopic (exact) mass is 140 g/mol. The molecule has 59 valence electrons. The van der Waals surface area contributed by atoms with Gasteiger partial charge in [0.05, 0.1) is 0 Å². The minimum atomic E-state index is 0.918. The molecule has 0 atom stereocenters. The van der Waals surface area contributed by atoms with E-state index >= 15 is 0 Å². The van der Waals surface area contributed by atoms with Gasteiger partial charge in [0.1, 0.15) is 0 Å². The molecule has 1 rings (SSSR count). The van der Waals surface area contributed by atoms with Crippen LogP contribution in [0.2, 0.25) is 0 Å². The Labute approximate surface area is 64.4 Å². The predicted molar refractivity (Wildman–Crippen MR) is 44.8 cm³/mol. The number of likely N-dealkylation sites (tertiary alicyclic amines) is 1. The van der Waals surface area contributed by atoms with Crippen LogP contribution < -0.4 is 0 Å². The highest BCUT2D eigenvalue weighted by Crippen LogP contribution is 2.19. The minimum absolute atomic E-state index is 0.918. The number of hydrogen-bond acceptors (Lipinski definition) is 1. The summed E-state index contributed by atoms with van der Waals surface area (Å²) in [6.07, 6.45) is 6.47. The largest absolute Gasteiger partial charge is 0.306 e. The van der Waals surface area contributed by atoms with E-state index in [0.717, 1.165) is 5.92 Å². The van der Waals surface area contributed by atoms with Gasteiger partial charge in [0.15, 0.2) is 0 Å². The Bertz CT molecular complexity index is 82.7. The van der Waals surface area contributed by atoms with Gasteiger partial charge in [-0.3, -0.25) is 0 Å². The van der Waals surface area contributed by atoms with E-state index in [1.807, 2.05) is 0 Å². The number of hydrogen-bond donors (Lipinski definition) is 0. The van der Waals surface area contributed by atoms with E-state index in [9.17, 15) is 0 Å². The van der Waals surface area contributed by atoms with Crippen LogP contribution >= 0.6 is 0 Å². The molecular weight excluding hydrogens is 122 g/mol. The zero-order chi connectivity index (χ0) is 7.40. The Morgan fingerprint density at radius 3 is 2.50 bits per heavy atom. The van der Waals surface area contributed by atoms with E-state index < -0.39 is 0 Å². The van der Waals surface area contributed by atoms with Crippen molar-refractivity contribution in [3.8, 4) is 0 Å². The smallest absolute Gasteiger partial charge is 0.00190 e. The fourth-order valence-electron chi connectivity index (χ4n) is 1.60. The summed E-state index contributed by atoms with van der Waals surface area (Å²) < 4.78 is 0. The summed E-state index contributed by atoms with van der Waals surface area (Å²) in [5.41, 5.74) is 0. The first-order valence-electron chi connectivity index (χ1n) is 4.34. The number of piperidine rings is 1. The summed E-state index contributed by atoms with van der Waals surface area (Å²) in [5.74, 6) is 0.918. The lowest BCUT2D eigenvalue weighted by Gasteiger charge is -2.28. The van der Waals surface area contributed by atoms with Gasteiger partial charge in [-0.1, -0.05) is 13.3 Å². The van der Waals surface area contributed by atoms with Crippen LogP contribution in [0.15, 0.2) is 0 Å². The summed E-state index contributed by atoms with van der Waals surface area (Å²) in [6.45, 7) is 4.82. The van der Waals surface area contributed by atoms with Gasteiger partial charge < -0.3 is 4.90 Å². The normalized spacial score (nSPS) is 23.4. The molecule has 0 spiro atoms. The quantitative estimate of drug-likeness (QED) is 0.566. The maximum atomic E-state index is 2.47. The highest BCUT2D eigenvalue weighted by atomic mass is 15.1. The van der Waals surface area contributed by atoms with Gasteiger partial charge in [-0.15, -0.1) is 0 Å². The average molecular weight is 140 g/mol. The van der Waals surface area contributed by atoms with Crippen molar-refractivity contribution in [2.24, 2.45) is 5.92 Å². The minimum Gasteiger partial charge on any atom is -0.306 e. The molecule has 1 radical (unpaired) electrons. The zero-order valence-corrected chi connectivity index (χ0v) is 7.14. The Morgan fingerprint density at radius 1 is 1.40 bits per heavy atom. The second-order valence-corrected chi connectivity index (χ2v) is 3.28. The zero-order valence-electron chi connectivity index (χ0n) is 7.14. The van der Waals surface area contributed by atoms with E-state index in [-0.39, 0.29) is 0 Å². The summed E-state index contributed by atoms with van der Waals surface area (Å²) in [6, 6.07) is 0.